The molecule has 1 N–H and O–H groups in total. The predicted molar refractivity (Wildman–Crippen MR) is 83.0 cm³/mol. The number of carbonyl (C=O) groups is 1. The summed E-state index contributed by atoms with van der Waals surface area (Å²) in [5.74, 6) is 1.79. The number of aliphatic hydroxyl groups is 1. The SMILES string of the molecule is C[C@]12CCC(=O)C[C@@H]1CC[C@@H]1[C@@H]2[C@@H]([18F])C[C@]2(C)[C@@H](O)CC[C@@H]12. The van der Waals surface area contributed by atoms with Gasteiger partial charge in [-0.15, -0.1) is 0 Å². The van der Waals surface area contributed by atoms with E-state index in [4.69, 9.17) is 0 Å². The third-order valence-corrected chi connectivity index (χ3v) is 8.32. The number of ketones is 1. The van der Waals surface area contributed by atoms with E-state index in [0.29, 0.717) is 42.8 Å². The summed E-state index contributed by atoms with van der Waals surface area (Å²) in [4.78, 5) is 11.9. The Kier molecular flexibility index (Phi) is 3.28. The smallest absolute Gasteiger partial charge is 0.133 e. The van der Waals surface area contributed by atoms with Gasteiger partial charge < -0.3 is 5.11 Å². The van der Waals surface area contributed by atoms with Gasteiger partial charge in [-0.2, -0.15) is 0 Å². The van der Waals surface area contributed by atoms with Gasteiger partial charge in [0.1, 0.15) is 12.0 Å². The Labute approximate surface area is 132 Å². The maximum Gasteiger partial charge on any atom is 0.133 e. The molecule has 4 saturated carbocycles. The summed E-state index contributed by atoms with van der Waals surface area (Å²) >= 11 is 0. The molecule has 0 radical (unpaired) electrons. The van der Waals surface area contributed by atoms with Crippen LogP contribution in [0.2, 0.25) is 0 Å². The molecular weight excluding hydrogens is 278 g/mol. The van der Waals surface area contributed by atoms with Gasteiger partial charge in [-0.1, -0.05) is 13.8 Å². The van der Waals surface area contributed by atoms with Crippen LogP contribution in [0, 0.1) is 34.5 Å². The van der Waals surface area contributed by atoms with Crippen molar-refractivity contribution < 1.29 is 14.3 Å². The first-order valence-electron chi connectivity index (χ1n) is 9.20. The van der Waals surface area contributed by atoms with Gasteiger partial charge in [0, 0.05) is 12.8 Å². The normalized spacial score (nSPS) is 57.9. The first-order chi connectivity index (χ1) is 10.4. The van der Waals surface area contributed by atoms with E-state index in [1.165, 1.54) is 0 Å². The fraction of sp³-hybridized carbons (Fsp3) is 0.947. The molecule has 4 aliphatic carbocycles. The van der Waals surface area contributed by atoms with Crippen molar-refractivity contribution in [1.82, 2.24) is 0 Å². The topological polar surface area (TPSA) is 37.3 Å². The summed E-state index contributed by atoms with van der Waals surface area (Å²) in [6, 6.07) is 0. The van der Waals surface area contributed by atoms with Gasteiger partial charge in [0.15, 0.2) is 0 Å². The highest BCUT2D eigenvalue weighted by molar-refractivity contribution is 5.79. The standard InChI is InChI=1S/C19H29FO2/c1-18-8-7-12(21)9-11(18)3-4-13-14-5-6-16(22)19(14,2)10-15(20)17(13)18/h11,13-17,22H,3-10H2,1-2H3/t11-,13-,14-,15-,16-,17+,18-,19-/m0/s1/i20-1. The van der Waals surface area contributed by atoms with Crippen molar-refractivity contribution in [3.8, 4) is 0 Å². The Morgan fingerprint density at radius 3 is 2.68 bits per heavy atom. The summed E-state index contributed by atoms with van der Waals surface area (Å²) < 4.78 is 15.3. The van der Waals surface area contributed by atoms with E-state index in [2.05, 4.69) is 13.8 Å². The number of hydrogen-bond donors (Lipinski definition) is 1. The van der Waals surface area contributed by atoms with Crippen LogP contribution in [-0.4, -0.2) is 23.2 Å². The highest BCUT2D eigenvalue weighted by atomic mass is 18.2. The second-order valence-corrected chi connectivity index (χ2v) is 9.14. The zero-order valence-electron chi connectivity index (χ0n) is 13.9. The molecule has 0 aromatic carbocycles. The number of carbonyl (C=O) groups excluding carboxylic acids is 1. The molecular formula is C19H29FO2. The third kappa shape index (κ3) is 1.84. The lowest BCUT2D eigenvalue weighted by atomic mass is 9.44. The van der Waals surface area contributed by atoms with Crippen LogP contribution in [0.25, 0.3) is 0 Å². The van der Waals surface area contributed by atoms with Crippen molar-refractivity contribution in [2.24, 2.45) is 34.5 Å². The first-order valence-corrected chi connectivity index (χ1v) is 9.20. The summed E-state index contributed by atoms with van der Waals surface area (Å²) in [5, 5.41) is 10.4. The number of Topliss-reactive ketones (excluding diaryl/α,β-unsaturated/α-hetero) is 1. The van der Waals surface area contributed by atoms with E-state index in [-0.39, 0.29) is 22.9 Å². The van der Waals surface area contributed by atoms with Crippen molar-refractivity contribution in [3.05, 3.63) is 0 Å². The Bertz CT molecular complexity index is 492. The first kappa shape index (κ1) is 15.1. The van der Waals surface area contributed by atoms with Crippen LogP contribution in [0.5, 0.6) is 0 Å². The van der Waals surface area contributed by atoms with E-state index in [9.17, 15) is 9.90 Å². The van der Waals surface area contributed by atoms with Crippen molar-refractivity contribution >= 4 is 5.78 Å². The highest BCUT2D eigenvalue weighted by Gasteiger charge is 2.63. The zero-order chi connectivity index (χ0) is 15.7. The lowest BCUT2D eigenvalue weighted by Crippen LogP contribution is -2.58. The van der Waals surface area contributed by atoms with Gasteiger partial charge in [-0.25, -0.2) is 4.39 Å². The van der Waals surface area contributed by atoms with E-state index >= 15 is 4.39 Å². The molecule has 4 rings (SSSR count). The quantitative estimate of drug-likeness (QED) is 0.737. The van der Waals surface area contributed by atoms with Crippen LogP contribution in [0.1, 0.15) is 65.2 Å². The summed E-state index contributed by atoms with van der Waals surface area (Å²) in [6.07, 6.45) is 5.64. The summed E-state index contributed by atoms with van der Waals surface area (Å²) in [7, 11) is 0. The minimum Gasteiger partial charge on any atom is -0.393 e. The van der Waals surface area contributed by atoms with Crippen molar-refractivity contribution in [2.45, 2.75) is 77.5 Å². The van der Waals surface area contributed by atoms with E-state index in [0.717, 1.165) is 32.1 Å². The zero-order valence-corrected chi connectivity index (χ0v) is 13.9. The van der Waals surface area contributed by atoms with Crippen LogP contribution >= 0.6 is 0 Å². The van der Waals surface area contributed by atoms with E-state index in [1.807, 2.05) is 0 Å². The van der Waals surface area contributed by atoms with Gasteiger partial charge in [-0.3, -0.25) is 4.79 Å². The molecule has 22 heavy (non-hydrogen) atoms. The molecule has 0 saturated heterocycles. The lowest BCUT2D eigenvalue weighted by molar-refractivity contribution is -0.161. The fourth-order valence-electron chi connectivity index (χ4n) is 7.07. The number of aliphatic hydroxyl groups excluding tert-OH is 1. The second kappa shape index (κ2) is 4.78. The third-order valence-electron chi connectivity index (χ3n) is 8.32. The molecule has 0 bridgehead atoms. The van der Waals surface area contributed by atoms with Gasteiger partial charge >= 0.3 is 0 Å². The number of fused-ring (bicyclic) bond motifs is 5. The Morgan fingerprint density at radius 2 is 1.91 bits per heavy atom. The van der Waals surface area contributed by atoms with E-state index in [1.54, 1.807) is 0 Å². The molecule has 0 aromatic rings. The number of rotatable bonds is 0. The Balaban J connectivity index is 1.69. The largest absolute Gasteiger partial charge is 0.393 e. The minimum absolute atomic E-state index is 0.00508. The maximum atomic E-state index is 15.3. The van der Waals surface area contributed by atoms with Gasteiger partial charge in [0.2, 0.25) is 0 Å². The molecule has 8 atom stereocenters. The molecule has 4 aliphatic rings. The fourth-order valence-corrected chi connectivity index (χ4v) is 7.07. The summed E-state index contributed by atoms with van der Waals surface area (Å²) in [5.41, 5.74) is -0.209. The molecule has 2 nitrogen and oxygen atoms in total. The average Bonchev–Trinajstić information content (AvgIpc) is 2.75. The van der Waals surface area contributed by atoms with Gasteiger partial charge in [-0.05, 0) is 73.0 Å². The second-order valence-electron chi connectivity index (χ2n) is 9.14. The van der Waals surface area contributed by atoms with Crippen LogP contribution in [0.4, 0.5) is 4.39 Å². The predicted octanol–water partition coefficient (Wildman–Crippen LogP) is 3.91. The Hall–Kier alpha value is -0.440. The van der Waals surface area contributed by atoms with E-state index < -0.39 is 6.17 Å². The van der Waals surface area contributed by atoms with Crippen molar-refractivity contribution in [3.63, 3.8) is 0 Å². The molecule has 124 valence electrons. The molecule has 3 heteroatoms. The lowest BCUT2D eigenvalue weighted by Gasteiger charge is -2.60. The molecule has 0 aromatic heterocycles. The van der Waals surface area contributed by atoms with Crippen molar-refractivity contribution in [2.75, 3.05) is 0 Å². The average molecular weight is 307 g/mol. The molecule has 0 spiro atoms. The number of halogens is 1. The van der Waals surface area contributed by atoms with Gasteiger partial charge in [0.25, 0.3) is 0 Å². The van der Waals surface area contributed by atoms with Crippen LogP contribution in [-0.2, 0) is 4.79 Å². The monoisotopic (exact) mass is 307 g/mol. The molecule has 0 aliphatic heterocycles. The van der Waals surface area contributed by atoms with Crippen LogP contribution in [0.3, 0.4) is 0 Å². The summed E-state index contributed by atoms with van der Waals surface area (Å²) in [6.45, 7) is 4.39. The van der Waals surface area contributed by atoms with Crippen LogP contribution < -0.4 is 0 Å². The van der Waals surface area contributed by atoms with Gasteiger partial charge in [0.05, 0.1) is 6.10 Å². The highest BCUT2D eigenvalue weighted by Crippen LogP contribution is 2.66. The minimum atomic E-state index is -0.806. The molecule has 0 heterocycles. The number of alkyl halides is 1. The molecule has 0 unspecified atom stereocenters. The molecule has 0 amide bonds. The van der Waals surface area contributed by atoms with Crippen LogP contribution in [0.15, 0.2) is 0 Å². The number of hydrogen-bond acceptors (Lipinski definition) is 2. The maximum absolute atomic E-state index is 15.3. The Morgan fingerprint density at radius 1 is 1.14 bits per heavy atom. The molecule has 4 fully saturated rings. The van der Waals surface area contributed by atoms with Crippen molar-refractivity contribution in [1.29, 1.82) is 0 Å².